The zero-order valence-electron chi connectivity index (χ0n) is 17.0. The number of rotatable bonds is 4. The van der Waals surface area contributed by atoms with Gasteiger partial charge in [0.15, 0.2) is 0 Å². The van der Waals surface area contributed by atoms with Crippen molar-refractivity contribution in [2.24, 2.45) is 23.2 Å². The highest BCUT2D eigenvalue weighted by Gasteiger charge is 2.56. The third-order valence-electron chi connectivity index (χ3n) is 7.96. The van der Waals surface area contributed by atoms with Crippen LogP contribution in [0.1, 0.15) is 63.9 Å². The molecule has 4 saturated carbocycles. The van der Waals surface area contributed by atoms with Crippen molar-refractivity contribution in [1.29, 1.82) is 0 Å². The maximum atomic E-state index is 13.7. The third-order valence-corrected chi connectivity index (χ3v) is 7.96. The predicted octanol–water partition coefficient (Wildman–Crippen LogP) is 4.39. The number of carbonyl (C=O) groups excluding carboxylic acids is 2. The van der Waals surface area contributed by atoms with Crippen LogP contribution in [0.4, 0.5) is 5.69 Å². The number of nitrogens with zero attached hydrogens (tertiary/aromatic N) is 1. The van der Waals surface area contributed by atoms with Crippen LogP contribution in [0.5, 0.6) is 0 Å². The standard InChI is InChI=1S/C24H32N2O2/c1-2-19-6-3-4-7-20(19)25-22(27)21-8-5-9-26(21)23(28)24-13-16-10-17(14-24)12-18(11-16)15-24/h3-4,6-7,16-18,21H,2,5,8-15H2,1H3,(H,25,27)/t16?,17?,18?,21-,24?/m1/s1. The minimum Gasteiger partial charge on any atom is -0.330 e. The Morgan fingerprint density at radius 2 is 1.71 bits per heavy atom. The van der Waals surface area contributed by atoms with Gasteiger partial charge in [-0.2, -0.15) is 0 Å². The summed E-state index contributed by atoms with van der Waals surface area (Å²) in [6, 6.07) is 7.69. The lowest BCUT2D eigenvalue weighted by Crippen LogP contribution is -2.56. The van der Waals surface area contributed by atoms with E-state index in [-0.39, 0.29) is 17.4 Å². The smallest absolute Gasteiger partial charge is 0.247 e. The minimum absolute atomic E-state index is 0.00326. The van der Waals surface area contributed by atoms with E-state index in [0.717, 1.165) is 74.1 Å². The molecule has 5 aliphatic rings. The van der Waals surface area contributed by atoms with Crippen molar-refractivity contribution >= 4 is 17.5 Å². The van der Waals surface area contributed by atoms with Crippen LogP contribution in [0.3, 0.4) is 0 Å². The van der Waals surface area contributed by atoms with Gasteiger partial charge in [0.1, 0.15) is 6.04 Å². The summed E-state index contributed by atoms with van der Waals surface area (Å²) < 4.78 is 0. The van der Waals surface area contributed by atoms with Gasteiger partial charge in [0, 0.05) is 12.2 Å². The van der Waals surface area contributed by atoms with E-state index >= 15 is 0 Å². The van der Waals surface area contributed by atoms with Gasteiger partial charge in [-0.1, -0.05) is 25.1 Å². The fourth-order valence-corrected chi connectivity index (χ4v) is 7.13. The average Bonchev–Trinajstić information content (AvgIpc) is 3.16. The first-order valence-electron chi connectivity index (χ1n) is 11.3. The van der Waals surface area contributed by atoms with Crippen molar-refractivity contribution in [2.45, 2.75) is 70.8 Å². The molecular weight excluding hydrogens is 348 g/mol. The van der Waals surface area contributed by atoms with E-state index in [2.05, 4.69) is 18.3 Å². The molecule has 5 fully saturated rings. The molecule has 4 heteroatoms. The highest BCUT2D eigenvalue weighted by atomic mass is 16.2. The summed E-state index contributed by atoms with van der Waals surface area (Å²) >= 11 is 0. The zero-order chi connectivity index (χ0) is 19.3. The lowest BCUT2D eigenvalue weighted by atomic mass is 9.49. The number of benzene rings is 1. The van der Waals surface area contributed by atoms with E-state index in [0.29, 0.717) is 5.91 Å². The van der Waals surface area contributed by atoms with Crippen molar-refractivity contribution in [3.8, 4) is 0 Å². The first-order valence-corrected chi connectivity index (χ1v) is 11.3. The Morgan fingerprint density at radius 1 is 1.07 bits per heavy atom. The zero-order valence-corrected chi connectivity index (χ0v) is 17.0. The summed E-state index contributed by atoms with van der Waals surface area (Å²) in [6.45, 7) is 2.84. The van der Waals surface area contributed by atoms with Gasteiger partial charge in [-0.3, -0.25) is 9.59 Å². The summed E-state index contributed by atoms with van der Waals surface area (Å²) in [5.41, 5.74) is 1.88. The third kappa shape index (κ3) is 2.96. The Morgan fingerprint density at radius 3 is 2.36 bits per heavy atom. The number of likely N-dealkylation sites (tertiary alicyclic amines) is 1. The fraction of sp³-hybridized carbons (Fsp3) is 0.667. The highest BCUT2D eigenvalue weighted by Crippen LogP contribution is 2.60. The summed E-state index contributed by atoms with van der Waals surface area (Å²) in [7, 11) is 0. The molecule has 1 saturated heterocycles. The van der Waals surface area contributed by atoms with Gasteiger partial charge in [0.05, 0.1) is 5.41 Å². The number of hydrogen-bond donors (Lipinski definition) is 1. The molecule has 0 radical (unpaired) electrons. The van der Waals surface area contributed by atoms with Gasteiger partial charge in [0.25, 0.3) is 0 Å². The van der Waals surface area contributed by atoms with Crippen molar-refractivity contribution in [3.05, 3.63) is 29.8 Å². The maximum Gasteiger partial charge on any atom is 0.247 e. The van der Waals surface area contributed by atoms with Crippen molar-refractivity contribution in [1.82, 2.24) is 4.90 Å². The van der Waals surface area contributed by atoms with Crippen LogP contribution in [0.2, 0.25) is 0 Å². The molecule has 4 aliphatic carbocycles. The maximum absolute atomic E-state index is 13.7. The van der Waals surface area contributed by atoms with E-state index in [1.807, 2.05) is 23.1 Å². The molecule has 6 rings (SSSR count). The fourth-order valence-electron chi connectivity index (χ4n) is 7.13. The average molecular weight is 381 g/mol. The summed E-state index contributed by atoms with van der Waals surface area (Å²) in [5, 5.41) is 3.13. The Kier molecular flexibility index (Phi) is 4.48. The Bertz CT molecular complexity index is 751. The monoisotopic (exact) mass is 380 g/mol. The predicted molar refractivity (Wildman–Crippen MR) is 110 cm³/mol. The van der Waals surface area contributed by atoms with Gasteiger partial charge in [0.2, 0.25) is 11.8 Å². The SMILES string of the molecule is CCc1ccccc1NC(=O)[C@H]1CCCN1C(=O)C12CC3CC(CC(C3)C1)C2. The van der Waals surface area contributed by atoms with E-state index < -0.39 is 0 Å². The van der Waals surface area contributed by atoms with Crippen LogP contribution < -0.4 is 5.32 Å². The second-order valence-corrected chi connectivity index (χ2v) is 9.85. The van der Waals surface area contributed by atoms with E-state index in [4.69, 9.17) is 0 Å². The number of amides is 2. The lowest BCUT2D eigenvalue weighted by molar-refractivity contribution is -0.160. The molecule has 1 heterocycles. The first kappa shape index (κ1) is 18.2. The van der Waals surface area contributed by atoms with Gasteiger partial charge in [-0.15, -0.1) is 0 Å². The normalized spacial score (nSPS) is 36.0. The van der Waals surface area contributed by atoms with E-state index in [1.54, 1.807) is 0 Å². The number of carbonyl (C=O) groups is 2. The lowest BCUT2D eigenvalue weighted by Gasteiger charge is -2.56. The topological polar surface area (TPSA) is 49.4 Å². The van der Waals surface area contributed by atoms with Crippen molar-refractivity contribution in [3.63, 3.8) is 0 Å². The van der Waals surface area contributed by atoms with Crippen LogP contribution in [-0.4, -0.2) is 29.3 Å². The van der Waals surface area contributed by atoms with Gasteiger partial charge in [-0.05, 0) is 87.2 Å². The molecule has 1 aliphatic heterocycles. The van der Waals surface area contributed by atoms with Crippen LogP contribution in [0.15, 0.2) is 24.3 Å². The quantitative estimate of drug-likeness (QED) is 0.842. The highest BCUT2D eigenvalue weighted by molar-refractivity contribution is 5.98. The second-order valence-electron chi connectivity index (χ2n) is 9.85. The largest absolute Gasteiger partial charge is 0.330 e. The summed E-state index contributed by atoms with van der Waals surface area (Å²) in [4.78, 5) is 28.8. The molecule has 0 unspecified atom stereocenters. The van der Waals surface area contributed by atoms with Crippen LogP contribution in [0, 0.1) is 23.2 Å². The molecule has 1 aromatic carbocycles. The minimum atomic E-state index is -0.301. The molecule has 2 amide bonds. The first-order chi connectivity index (χ1) is 13.6. The van der Waals surface area contributed by atoms with Crippen molar-refractivity contribution in [2.75, 3.05) is 11.9 Å². The van der Waals surface area contributed by atoms with Gasteiger partial charge >= 0.3 is 0 Å². The van der Waals surface area contributed by atoms with Crippen molar-refractivity contribution < 1.29 is 9.59 Å². The molecule has 150 valence electrons. The number of para-hydroxylation sites is 1. The van der Waals surface area contributed by atoms with E-state index in [9.17, 15) is 9.59 Å². The Hall–Kier alpha value is -1.84. The second kappa shape index (κ2) is 6.89. The van der Waals surface area contributed by atoms with Gasteiger partial charge in [-0.25, -0.2) is 0 Å². The molecule has 0 spiro atoms. The molecule has 4 nitrogen and oxygen atoms in total. The number of aryl methyl sites for hydroxylation is 1. The molecule has 0 aromatic heterocycles. The summed E-state index contributed by atoms with van der Waals surface area (Å²) in [5.74, 6) is 2.55. The molecular formula is C24H32N2O2. The van der Waals surface area contributed by atoms with Gasteiger partial charge < -0.3 is 10.2 Å². The Balaban J connectivity index is 1.34. The number of nitrogens with one attached hydrogen (secondary N) is 1. The molecule has 1 N–H and O–H groups in total. The number of hydrogen-bond acceptors (Lipinski definition) is 2. The molecule has 28 heavy (non-hydrogen) atoms. The summed E-state index contributed by atoms with van der Waals surface area (Å²) in [6.07, 6.45) is 9.84. The molecule has 4 bridgehead atoms. The van der Waals surface area contributed by atoms with Crippen LogP contribution in [-0.2, 0) is 16.0 Å². The van der Waals surface area contributed by atoms with Crippen LogP contribution >= 0.6 is 0 Å². The molecule has 1 atom stereocenters. The molecule has 1 aromatic rings. The Labute approximate surface area is 168 Å². The van der Waals surface area contributed by atoms with E-state index in [1.165, 1.54) is 19.3 Å². The van der Waals surface area contributed by atoms with Crippen LogP contribution in [0.25, 0.3) is 0 Å². The number of anilines is 1.